The van der Waals surface area contributed by atoms with Gasteiger partial charge in [-0.3, -0.25) is 4.79 Å². The maximum absolute atomic E-state index is 13.2. The van der Waals surface area contributed by atoms with Crippen molar-refractivity contribution in [1.29, 1.82) is 0 Å². The minimum atomic E-state index is -3.82. The lowest BCUT2D eigenvalue weighted by Gasteiger charge is -2.20. The summed E-state index contributed by atoms with van der Waals surface area (Å²) in [5.41, 5.74) is 2.06. The molecule has 0 unspecified atom stereocenters. The first-order chi connectivity index (χ1) is 14.9. The molecule has 1 amide bonds. The van der Waals surface area contributed by atoms with Crippen LogP contribution in [-0.4, -0.2) is 31.8 Å². The third-order valence-electron chi connectivity index (χ3n) is 5.02. The average molecular weight is 457 g/mol. The fraction of sp³-hybridized carbons (Fsp3) is 0.174. The van der Waals surface area contributed by atoms with Gasteiger partial charge < -0.3 is 10.1 Å². The van der Waals surface area contributed by atoms with Crippen molar-refractivity contribution in [1.82, 2.24) is 9.62 Å². The second-order valence-corrected chi connectivity index (χ2v) is 9.42. The van der Waals surface area contributed by atoms with Gasteiger partial charge in [-0.2, -0.15) is 4.31 Å². The van der Waals surface area contributed by atoms with E-state index in [1.165, 1.54) is 10.4 Å². The van der Waals surface area contributed by atoms with Crippen molar-refractivity contribution >= 4 is 27.5 Å². The number of hydrogen-bond acceptors (Lipinski definition) is 4. The predicted octanol–water partition coefficient (Wildman–Crippen LogP) is 3.85. The van der Waals surface area contributed by atoms with Crippen molar-refractivity contribution in [2.75, 3.05) is 13.2 Å². The molecular weight excluding hydrogens is 436 g/mol. The lowest BCUT2D eigenvalue weighted by molar-refractivity contribution is 0.0950. The molecule has 160 valence electrons. The van der Waals surface area contributed by atoms with Gasteiger partial charge in [0.05, 0.1) is 5.02 Å². The number of nitrogens with one attached hydrogen (secondary N) is 1. The van der Waals surface area contributed by atoms with Crippen molar-refractivity contribution in [3.63, 3.8) is 0 Å². The monoisotopic (exact) mass is 456 g/mol. The Balaban J connectivity index is 1.55. The summed E-state index contributed by atoms with van der Waals surface area (Å²) in [5.74, 6) is 0.327. The molecule has 3 aromatic carbocycles. The molecule has 0 bridgehead atoms. The SMILES string of the molecule is O=C(NCc1ccccc1)c1ccc2c(c1)CN(S(=O)(=O)c1ccccc1Cl)CCO2. The second-order valence-electron chi connectivity index (χ2n) is 7.11. The van der Waals surface area contributed by atoms with Gasteiger partial charge in [-0.15, -0.1) is 0 Å². The van der Waals surface area contributed by atoms with E-state index in [1.807, 2.05) is 30.3 Å². The number of rotatable bonds is 5. The Morgan fingerprint density at radius 2 is 1.77 bits per heavy atom. The Labute approximate surface area is 186 Å². The number of ether oxygens (including phenoxy) is 1. The van der Waals surface area contributed by atoms with E-state index in [9.17, 15) is 13.2 Å². The Bertz CT molecular complexity index is 1200. The van der Waals surface area contributed by atoms with Crippen molar-refractivity contribution < 1.29 is 17.9 Å². The fourth-order valence-electron chi connectivity index (χ4n) is 3.39. The molecule has 0 spiro atoms. The van der Waals surface area contributed by atoms with Crippen LogP contribution in [0.15, 0.2) is 77.7 Å². The van der Waals surface area contributed by atoms with E-state index >= 15 is 0 Å². The molecule has 0 radical (unpaired) electrons. The van der Waals surface area contributed by atoms with E-state index in [-0.39, 0.29) is 35.5 Å². The van der Waals surface area contributed by atoms with Gasteiger partial charge in [0.1, 0.15) is 17.3 Å². The van der Waals surface area contributed by atoms with E-state index < -0.39 is 10.0 Å². The maximum Gasteiger partial charge on any atom is 0.251 e. The molecule has 1 heterocycles. The number of amides is 1. The molecule has 0 fully saturated rings. The van der Waals surface area contributed by atoms with Gasteiger partial charge in [-0.25, -0.2) is 8.42 Å². The molecule has 1 aliphatic rings. The lowest BCUT2D eigenvalue weighted by Crippen LogP contribution is -2.32. The Morgan fingerprint density at radius 1 is 1.03 bits per heavy atom. The van der Waals surface area contributed by atoms with Gasteiger partial charge in [0.15, 0.2) is 0 Å². The van der Waals surface area contributed by atoms with Gasteiger partial charge >= 0.3 is 0 Å². The quantitative estimate of drug-likeness (QED) is 0.632. The standard InChI is InChI=1S/C23H21ClN2O4S/c24-20-8-4-5-9-22(20)31(28,29)26-12-13-30-21-11-10-18(14-19(21)16-26)23(27)25-15-17-6-2-1-3-7-17/h1-11,14H,12-13,15-16H2,(H,25,27). The van der Waals surface area contributed by atoms with E-state index in [0.29, 0.717) is 23.4 Å². The number of nitrogens with zero attached hydrogens (tertiary/aromatic N) is 1. The summed E-state index contributed by atoms with van der Waals surface area (Å²) in [5, 5.41) is 3.05. The smallest absolute Gasteiger partial charge is 0.251 e. The first kappa shape index (κ1) is 21.4. The largest absolute Gasteiger partial charge is 0.492 e. The number of halogens is 1. The van der Waals surface area contributed by atoms with Crippen LogP contribution in [0, 0.1) is 0 Å². The molecule has 31 heavy (non-hydrogen) atoms. The van der Waals surface area contributed by atoms with Gasteiger partial charge in [0, 0.05) is 30.8 Å². The normalized spacial score (nSPS) is 14.2. The number of benzene rings is 3. The summed E-state index contributed by atoms with van der Waals surface area (Å²) in [6.45, 7) is 0.872. The Hall–Kier alpha value is -2.87. The first-order valence-electron chi connectivity index (χ1n) is 9.78. The average Bonchev–Trinajstić information content (AvgIpc) is 3.01. The summed E-state index contributed by atoms with van der Waals surface area (Å²) in [7, 11) is -3.82. The molecule has 0 saturated carbocycles. The van der Waals surface area contributed by atoms with Crippen LogP contribution >= 0.6 is 11.6 Å². The zero-order valence-corrected chi connectivity index (χ0v) is 18.2. The molecule has 0 aromatic heterocycles. The van der Waals surface area contributed by atoms with Crippen LogP contribution in [0.5, 0.6) is 5.75 Å². The number of sulfonamides is 1. The first-order valence-corrected chi connectivity index (χ1v) is 11.6. The third-order valence-corrected chi connectivity index (χ3v) is 7.36. The summed E-state index contributed by atoms with van der Waals surface area (Å²) in [4.78, 5) is 12.7. The number of hydrogen-bond donors (Lipinski definition) is 1. The zero-order chi connectivity index (χ0) is 21.8. The molecule has 1 aliphatic heterocycles. The van der Waals surface area contributed by atoms with E-state index in [1.54, 1.807) is 36.4 Å². The molecule has 6 nitrogen and oxygen atoms in total. The molecule has 0 saturated heterocycles. The minimum absolute atomic E-state index is 0.0527. The third kappa shape index (κ3) is 4.74. The van der Waals surface area contributed by atoms with Gasteiger partial charge in [0.25, 0.3) is 5.91 Å². The zero-order valence-electron chi connectivity index (χ0n) is 16.6. The molecule has 4 rings (SSSR count). The van der Waals surface area contributed by atoms with E-state index in [4.69, 9.17) is 16.3 Å². The van der Waals surface area contributed by atoms with Crippen LogP contribution in [0.1, 0.15) is 21.5 Å². The van der Waals surface area contributed by atoms with Crippen LogP contribution in [0.3, 0.4) is 0 Å². The highest BCUT2D eigenvalue weighted by molar-refractivity contribution is 7.89. The summed E-state index contributed by atoms with van der Waals surface area (Å²) in [6, 6.07) is 21.0. The molecule has 3 aromatic rings. The Kier molecular flexibility index (Phi) is 6.27. The number of fused-ring (bicyclic) bond motifs is 1. The molecule has 8 heteroatoms. The molecule has 0 aliphatic carbocycles. The van der Waals surface area contributed by atoms with Gasteiger partial charge in [-0.05, 0) is 35.9 Å². The van der Waals surface area contributed by atoms with Crippen LogP contribution in [0.25, 0.3) is 0 Å². The summed E-state index contributed by atoms with van der Waals surface area (Å²) < 4.78 is 33.4. The van der Waals surface area contributed by atoms with E-state index in [2.05, 4.69) is 5.32 Å². The predicted molar refractivity (Wildman–Crippen MR) is 119 cm³/mol. The molecular formula is C23H21ClN2O4S. The molecule has 1 N–H and O–H groups in total. The summed E-state index contributed by atoms with van der Waals surface area (Å²) >= 11 is 6.13. The van der Waals surface area contributed by atoms with Crippen molar-refractivity contribution in [3.05, 3.63) is 94.5 Å². The highest BCUT2D eigenvalue weighted by Gasteiger charge is 2.29. The fourth-order valence-corrected chi connectivity index (χ4v) is 5.29. The highest BCUT2D eigenvalue weighted by Crippen LogP contribution is 2.30. The van der Waals surface area contributed by atoms with Gasteiger partial charge in [0.2, 0.25) is 10.0 Å². The minimum Gasteiger partial charge on any atom is -0.492 e. The summed E-state index contributed by atoms with van der Waals surface area (Å²) in [6.07, 6.45) is 0. The maximum atomic E-state index is 13.2. The number of carbonyl (C=O) groups excluding carboxylic acids is 1. The van der Waals surface area contributed by atoms with Crippen molar-refractivity contribution in [2.24, 2.45) is 0 Å². The second kappa shape index (κ2) is 9.09. The topological polar surface area (TPSA) is 75.7 Å². The van der Waals surface area contributed by atoms with Crippen LogP contribution < -0.4 is 10.1 Å². The van der Waals surface area contributed by atoms with Crippen molar-refractivity contribution in [3.8, 4) is 5.75 Å². The van der Waals surface area contributed by atoms with E-state index in [0.717, 1.165) is 5.56 Å². The Morgan fingerprint density at radius 3 is 2.55 bits per heavy atom. The van der Waals surface area contributed by atoms with Crippen molar-refractivity contribution in [2.45, 2.75) is 18.0 Å². The van der Waals surface area contributed by atoms with Crippen LogP contribution in [0.4, 0.5) is 0 Å². The highest BCUT2D eigenvalue weighted by atomic mass is 35.5. The number of carbonyl (C=O) groups is 1. The van der Waals surface area contributed by atoms with Crippen LogP contribution in [-0.2, 0) is 23.1 Å². The lowest BCUT2D eigenvalue weighted by atomic mass is 10.1. The van der Waals surface area contributed by atoms with Crippen LogP contribution in [0.2, 0.25) is 5.02 Å². The molecule has 0 atom stereocenters. The van der Waals surface area contributed by atoms with Gasteiger partial charge in [-0.1, -0.05) is 54.1 Å².